The minimum Gasteiger partial charge on any atom is -0.329 e. The largest absolute Gasteiger partial charge is 0.329 e. The molecular formula is C14H15N5O. The molecule has 1 atom stereocenters. The fourth-order valence-electron chi connectivity index (χ4n) is 2.54. The highest BCUT2D eigenvalue weighted by atomic mass is 16.2. The summed E-state index contributed by atoms with van der Waals surface area (Å²) in [5, 5.41) is 0. The van der Waals surface area contributed by atoms with Gasteiger partial charge in [0.15, 0.2) is 0 Å². The summed E-state index contributed by atoms with van der Waals surface area (Å²) in [6.45, 7) is 2.51. The van der Waals surface area contributed by atoms with E-state index in [9.17, 15) is 4.79 Å². The Labute approximate surface area is 116 Å². The van der Waals surface area contributed by atoms with Crippen molar-refractivity contribution in [3.63, 3.8) is 0 Å². The molecule has 1 aliphatic heterocycles. The zero-order valence-electron chi connectivity index (χ0n) is 11.2. The molecule has 0 N–H and O–H groups in total. The first kappa shape index (κ1) is 12.7. The van der Waals surface area contributed by atoms with E-state index in [1.54, 1.807) is 25.4 Å². The molecule has 3 heterocycles. The number of carbonyl (C=O) groups excluding carboxylic acids is 1. The Morgan fingerprint density at radius 2 is 2.20 bits per heavy atom. The van der Waals surface area contributed by atoms with E-state index in [4.69, 9.17) is 0 Å². The van der Waals surface area contributed by atoms with Crippen molar-refractivity contribution in [3.8, 4) is 0 Å². The monoisotopic (exact) mass is 269 g/mol. The molecule has 0 bridgehead atoms. The van der Waals surface area contributed by atoms with E-state index in [2.05, 4.69) is 19.9 Å². The predicted octanol–water partition coefficient (Wildman–Crippen LogP) is 1.55. The number of carbonyl (C=O) groups is 1. The summed E-state index contributed by atoms with van der Waals surface area (Å²) < 4.78 is 0. The lowest BCUT2D eigenvalue weighted by atomic mass is 10.1. The highest BCUT2D eigenvalue weighted by Crippen LogP contribution is 2.31. The third kappa shape index (κ3) is 2.36. The lowest BCUT2D eigenvalue weighted by molar-refractivity contribution is 0.0726. The van der Waals surface area contributed by atoms with Gasteiger partial charge in [-0.05, 0) is 31.9 Å². The predicted molar refractivity (Wildman–Crippen MR) is 71.8 cm³/mol. The Bertz CT molecular complexity index is 616. The minimum absolute atomic E-state index is 0.0146. The summed E-state index contributed by atoms with van der Waals surface area (Å²) in [6, 6.07) is 3.53. The van der Waals surface area contributed by atoms with E-state index in [-0.39, 0.29) is 11.9 Å². The van der Waals surface area contributed by atoms with Crippen molar-refractivity contribution in [1.82, 2.24) is 24.8 Å². The van der Waals surface area contributed by atoms with Crippen LogP contribution >= 0.6 is 0 Å². The number of hydrogen-bond donors (Lipinski definition) is 0. The molecule has 0 aromatic carbocycles. The van der Waals surface area contributed by atoms with Crippen LogP contribution in [0.5, 0.6) is 0 Å². The van der Waals surface area contributed by atoms with E-state index < -0.39 is 0 Å². The molecule has 0 unspecified atom stereocenters. The molecule has 6 heteroatoms. The topological polar surface area (TPSA) is 71.9 Å². The van der Waals surface area contributed by atoms with E-state index in [1.165, 1.54) is 6.33 Å². The number of amides is 1. The first-order valence-electron chi connectivity index (χ1n) is 6.62. The molecule has 6 nitrogen and oxygen atoms in total. The maximum atomic E-state index is 12.6. The molecule has 20 heavy (non-hydrogen) atoms. The standard InChI is InChI=1S/C14H15N5O/c1-10-16-7-5-12(18-10)14(20)19-8-2-3-13(19)11-4-6-15-9-17-11/h4-7,9,13H,2-3,8H2,1H3/t13-/m0/s1. The van der Waals surface area contributed by atoms with Crippen LogP contribution < -0.4 is 0 Å². The van der Waals surface area contributed by atoms with Crippen LogP contribution in [-0.4, -0.2) is 37.3 Å². The highest BCUT2D eigenvalue weighted by molar-refractivity contribution is 5.92. The van der Waals surface area contributed by atoms with Gasteiger partial charge in [-0.25, -0.2) is 19.9 Å². The van der Waals surface area contributed by atoms with E-state index in [1.807, 2.05) is 11.0 Å². The lowest BCUT2D eigenvalue weighted by Gasteiger charge is -2.23. The van der Waals surface area contributed by atoms with Crippen LogP contribution in [-0.2, 0) is 0 Å². The van der Waals surface area contributed by atoms with Crippen molar-refractivity contribution < 1.29 is 4.79 Å². The maximum absolute atomic E-state index is 12.6. The minimum atomic E-state index is -0.0587. The molecule has 2 aromatic rings. The second kappa shape index (κ2) is 5.32. The Kier molecular flexibility index (Phi) is 3.37. The maximum Gasteiger partial charge on any atom is 0.273 e. The van der Waals surface area contributed by atoms with Gasteiger partial charge in [0, 0.05) is 18.9 Å². The summed E-state index contributed by atoms with van der Waals surface area (Å²) in [6.07, 6.45) is 6.74. The van der Waals surface area contributed by atoms with Crippen molar-refractivity contribution in [3.05, 3.63) is 48.1 Å². The second-order valence-corrected chi connectivity index (χ2v) is 4.78. The van der Waals surface area contributed by atoms with Crippen molar-refractivity contribution in [2.24, 2.45) is 0 Å². The number of nitrogens with zero attached hydrogens (tertiary/aromatic N) is 5. The second-order valence-electron chi connectivity index (χ2n) is 4.78. The molecule has 2 aromatic heterocycles. The average Bonchev–Trinajstić information content (AvgIpc) is 2.97. The molecule has 0 radical (unpaired) electrons. The first-order valence-corrected chi connectivity index (χ1v) is 6.62. The molecule has 1 fully saturated rings. The van der Waals surface area contributed by atoms with Gasteiger partial charge < -0.3 is 4.90 Å². The van der Waals surface area contributed by atoms with Crippen LogP contribution in [0.4, 0.5) is 0 Å². The Morgan fingerprint density at radius 3 is 2.95 bits per heavy atom. The third-order valence-corrected chi connectivity index (χ3v) is 3.46. The molecule has 102 valence electrons. The van der Waals surface area contributed by atoms with Crippen molar-refractivity contribution in [2.75, 3.05) is 6.54 Å². The van der Waals surface area contributed by atoms with E-state index >= 15 is 0 Å². The van der Waals surface area contributed by atoms with Gasteiger partial charge in [-0.15, -0.1) is 0 Å². The van der Waals surface area contributed by atoms with Crippen molar-refractivity contribution in [1.29, 1.82) is 0 Å². The van der Waals surface area contributed by atoms with Crippen LogP contribution in [0.2, 0.25) is 0 Å². The van der Waals surface area contributed by atoms with Crippen LogP contribution in [0.15, 0.2) is 30.9 Å². The van der Waals surface area contributed by atoms with Crippen molar-refractivity contribution in [2.45, 2.75) is 25.8 Å². The Hall–Kier alpha value is -2.37. The molecule has 0 saturated carbocycles. The molecule has 0 aliphatic carbocycles. The van der Waals surface area contributed by atoms with Gasteiger partial charge >= 0.3 is 0 Å². The quantitative estimate of drug-likeness (QED) is 0.827. The summed E-state index contributed by atoms with van der Waals surface area (Å²) in [5.74, 6) is 0.547. The SMILES string of the molecule is Cc1nccc(C(=O)N2CCC[C@H]2c2ccncn2)n1. The molecule has 0 spiro atoms. The summed E-state index contributed by atoms with van der Waals surface area (Å²) in [4.78, 5) is 30.8. The summed E-state index contributed by atoms with van der Waals surface area (Å²) >= 11 is 0. The van der Waals surface area contributed by atoms with Crippen LogP contribution in [0, 0.1) is 6.92 Å². The average molecular weight is 269 g/mol. The van der Waals surface area contributed by atoms with Gasteiger partial charge in [0.25, 0.3) is 5.91 Å². The molecular weight excluding hydrogens is 254 g/mol. The Morgan fingerprint density at radius 1 is 1.30 bits per heavy atom. The van der Waals surface area contributed by atoms with Gasteiger partial charge in [0.2, 0.25) is 0 Å². The van der Waals surface area contributed by atoms with E-state index in [0.29, 0.717) is 11.5 Å². The number of rotatable bonds is 2. The molecule has 1 saturated heterocycles. The number of hydrogen-bond acceptors (Lipinski definition) is 5. The zero-order valence-corrected chi connectivity index (χ0v) is 11.2. The first-order chi connectivity index (χ1) is 9.75. The summed E-state index contributed by atoms with van der Waals surface area (Å²) in [7, 11) is 0. The zero-order chi connectivity index (χ0) is 13.9. The van der Waals surface area contributed by atoms with Crippen LogP contribution in [0.3, 0.4) is 0 Å². The summed E-state index contributed by atoms with van der Waals surface area (Å²) in [5.41, 5.74) is 1.33. The van der Waals surface area contributed by atoms with Gasteiger partial charge in [-0.2, -0.15) is 0 Å². The van der Waals surface area contributed by atoms with Crippen molar-refractivity contribution >= 4 is 5.91 Å². The van der Waals surface area contributed by atoms with Crippen LogP contribution in [0.25, 0.3) is 0 Å². The number of likely N-dealkylation sites (tertiary alicyclic amines) is 1. The van der Waals surface area contributed by atoms with Gasteiger partial charge in [0.05, 0.1) is 11.7 Å². The van der Waals surface area contributed by atoms with Gasteiger partial charge in [-0.1, -0.05) is 0 Å². The number of aromatic nitrogens is 4. The fraction of sp³-hybridized carbons (Fsp3) is 0.357. The van der Waals surface area contributed by atoms with Gasteiger partial charge in [-0.3, -0.25) is 4.79 Å². The lowest BCUT2D eigenvalue weighted by Crippen LogP contribution is -2.31. The highest BCUT2D eigenvalue weighted by Gasteiger charge is 2.32. The smallest absolute Gasteiger partial charge is 0.273 e. The number of aryl methyl sites for hydroxylation is 1. The van der Waals surface area contributed by atoms with E-state index in [0.717, 1.165) is 25.1 Å². The Balaban J connectivity index is 1.87. The fourth-order valence-corrected chi connectivity index (χ4v) is 2.54. The van der Waals surface area contributed by atoms with Crippen LogP contribution in [0.1, 0.15) is 40.9 Å². The normalized spacial score (nSPS) is 18.2. The molecule has 1 amide bonds. The molecule has 1 aliphatic rings. The van der Waals surface area contributed by atoms with Gasteiger partial charge in [0.1, 0.15) is 17.8 Å². The molecule has 3 rings (SSSR count). The third-order valence-electron chi connectivity index (χ3n) is 3.46.